The molecule has 15 heavy (non-hydrogen) atoms. The van der Waals surface area contributed by atoms with Gasteiger partial charge in [-0.25, -0.2) is 0 Å². The highest BCUT2D eigenvalue weighted by molar-refractivity contribution is 6.32. The number of halogens is 1. The fraction of sp³-hybridized carbons (Fsp3) is 0.364. The molecule has 0 bridgehead atoms. The van der Waals surface area contributed by atoms with Gasteiger partial charge in [0.05, 0.1) is 10.6 Å². The lowest BCUT2D eigenvalue weighted by atomic mass is 10.2. The Kier molecular flexibility index (Phi) is 4.41. The van der Waals surface area contributed by atoms with Gasteiger partial charge in [0.2, 0.25) is 0 Å². The van der Waals surface area contributed by atoms with Crippen molar-refractivity contribution < 1.29 is 5.11 Å². The molecule has 0 aromatic heterocycles. The van der Waals surface area contributed by atoms with Gasteiger partial charge >= 0.3 is 0 Å². The van der Waals surface area contributed by atoms with E-state index in [0.29, 0.717) is 17.0 Å². The standard InChI is InChI=1S/C11H13ClN2O/c1-8(4-5-15)14-10-3-2-9(7-13)11(12)6-10/h2-3,6,8,14-15H,4-5H2,1H3/t8-/m0/s1. The van der Waals surface area contributed by atoms with Gasteiger partial charge in [0.25, 0.3) is 0 Å². The number of aliphatic hydroxyl groups is 1. The van der Waals surface area contributed by atoms with Gasteiger partial charge < -0.3 is 10.4 Å². The highest BCUT2D eigenvalue weighted by atomic mass is 35.5. The van der Waals surface area contributed by atoms with Crippen molar-refractivity contribution in [3.05, 3.63) is 28.8 Å². The minimum atomic E-state index is 0.151. The van der Waals surface area contributed by atoms with Gasteiger partial charge in [-0.3, -0.25) is 0 Å². The Morgan fingerprint density at radius 1 is 1.60 bits per heavy atom. The van der Waals surface area contributed by atoms with E-state index in [0.717, 1.165) is 5.69 Å². The third-order valence-corrected chi connectivity index (χ3v) is 2.38. The first-order chi connectivity index (χ1) is 7.17. The number of nitrogens with zero attached hydrogens (tertiary/aromatic N) is 1. The van der Waals surface area contributed by atoms with Crippen LogP contribution in [0.15, 0.2) is 18.2 Å². The summed E-state index contributed by atoms with van der Waals surface area (Å²) < 4.78 is 0. The first kappa shape index (κ1) is 11.8. The molecule has 0 aliphatic carbocycles. The molecule has 0 fully saturated rings. The summed E-state index contributed by atoms with van der Waals surface area (Å²) in [4.78, 5) is 0. The quantitative estimate of drug-likeness (QED) is 0.826. The lowest BCUT2D eigenvalue weighted by Gasteiger charge is -2.14. The third kappa shape index (κ3) is 3.43. The monoisotopic (exact) mass is 224 g/mol. The lowest BCUT2D eigenvalue weighted by molar-refractivity contribution is 0.282. The summed E-state index contributed by atoms with van der Waals surface area (Å²) in [6, 6.07) is 7.38. The second-order valence-electron chi connectivity index (χ2n) is 3.36. The van der Waals surface area contributed by atoms with Crippen LogP contribution in [0, 0.1) is 11.3 Å². The molecule has 0 aliphatic rings. The zero-order chi connectivity index (χ0) is 11.3. The van der Waals surface area contributed by atoms with E-state index in [1.165, 1.54) is 0 Å². The fourth-order valence-corrected chi connectivity index (χ4v) is 1.47. The van der Waals surface area contributed by atoms with Gasteiger partial charge in [-0.2, -0.15) is 5.26 Å². The van der Waals surface area contributed by atoms with E-state index in [2.05, 4.69) is 5.32 Å². The maximum atomic E-state index is 8.74. The summed E-state index contributed by atoms with van der Waals surface area (Å²) in [7, 11) is 0. The van der Waals surface area contributed by atoms with E-state index in [1.807, 2.05) is 13.0 Å². The van der Waals surface area contributed by atoms with Crippen molar-refractivity contribution in [3.8, 4) is 6.07 Å². The van der Waals surface area contributed by atoms with E-state index in [9.17, 15) is 0 Å². The Bertz CT molecular complexity index is 373. The predicted molar refractivity (Wildman–Crippen MR) is 61.0 cm³/mol. The van der Waals surface area contributed by atoms with Crippen LogP contribution in [0.25, 0.3) is 0 Å². The molecule has 1 aromatic rings. The second-order valence-corrected chi connectivity index (χ2v) is 3.77. The van der Waals surface area contributed by atoms with Crippen molar-refractivity contribution in [1.29, 1.82) is 5.26 Å². The maximum absolute atomic E-state index is 8.74. The maximum Gasteiger partial charge on any atom is 0.101 e. The molecule has 0 saturated heterocycles. The van der Waals surface area contributed by atoms with Gasteiger partial charge in [-0.15, -0.1) is 0 Å². The van der Waals surface area contributed by atoms with Gasteiger partial charge in [-0.05, 0) is 31.5 Å². The zero-order valence-electron chi connectivity index (χ0n) is 8.50. The van der Waals surface area contributed by atoms with Crippen molar-refractivity contribution in [2.75, 3.05) is 11.9 Å². The smallest absolute Gasteiger partial charge is 0.101 e. The Morgan fingerprint density at radius 2 is 2.33 bits per heavy atom. The molecule has 3 nitrogen and oxygen atoms in total. The van der Waals surface area contributed by atoms with Crippen LogP contribution in [0.3, 0.4) is 0 Å². The number of nitrogens with one attached hydrogen (secondary N) is 1. The topological polar surface area (TPSA) is 56.0 Å². The number of benzene rings is 1. The molecule has 0 unspecified atom stereocenters. The van der Waals surface area contributed by atoms with E-state index in [4.69, 9.17) is 22.0 Å². The van der Waals surface area contributed by atoms with Crippen LogP contribution in [0.4, 0.5) is 5.69 Å². The largest absolute Gasteiger partial charge is 0.396 e. The van der Waals surface area contributed by atoms with Crippen molar-refractivity contribution in [2.24, 2.45) is 0 Å². The zero-order valence-corrected chi connectivity index (χ0v) is 9.25. The van der Waals surface area contributed by atoms with Crippen LogP contribution in [0.5, 0.6) is 0 Å². The van der Waals surface area contributed by atoms with E-state index in [1.54, 1.807) is 18.2 Å². The normalized spacial score (nSPS) is 11.9. The molecule has 2 N–H and O–H groups in total. The van der Waals surface area contributed by atoms with E-state index in [-0.39, 0.29) is 12.6 Å². The number of hydrogen-bond donors (Lipinski definition) is 2. The molecule has 0 saturated carbocycles. The summed E-state index contributed by atoms with van der Waals surface area (Å²) in [5.74, 6) is 0. The molecule has 0 radical (unpaired) electrons. The molecule has 4 heteroatoms. The molecule has 0 spiro atoms. The highest BCUT2D eigenvalue weighted by Gasteiger charge is 2.04. The number of aliphatic hydroxyl groups excluding tert-OH is 1. The molecular weight excluding hydrogens is 212 g/mol. The van der Waals surface area contributed by atoms with Crippen molar-refractivity contribution in [2.45, 2.75) is 19.4 Å². The molecule has 0 amide bonds. The van der Waals surface area contributed by atoms with Crippen molar-refractivity contribution >= 4 is 17.3 Å². The molecular formula is C11H13ClN2O. The summed E-state index contributed by atoms with van der Waals surface area (Å²) in [5, 5.41) is 21.1. The van der Waals surface area contributed by atoms with Crippen LogP contribution in [-0.2, 0) is 0 Å². The number of anilines is 1. The first-order valence-electron chi connectivity index (χ1n) is 4.74. The minimum absolute atomic E-state index is 0.151. The second kappa shape index (κ2) is 5.59. The minimum Gasteiger partial charge on any atom is -0.396 e. The molecule has 1 rings (SSSR count). The Balaban J connectivity index is 2.72. The fourth-order valence-electron chi connectivity index (χ4n) is 1.25. The van der Waals surface area contributed by atoms with Gasteiger partial charge in [0.1, 0.15) is 6.07 Å². The van der Waals surface area contributed by atoms with Crippen molar-refractivity contribution in [1.82, 2.24) is 0 Å². The SMILES string of the molecule is C[C@@H](CCO)Nc1ccc(C#N)c(Cl)c1. The summed E-state index contributed by atoms with van der Waals surface area (Å²) in [6.45, 7) is 2.13. The number of nitriles is 1. The van der Waals surface area contributed by atoms with Gasteiger partial charge in [0.15, 0.2) is 0 Å². The van der Waals surface area contributed by atoms with Crippen LogP contribution >= 0.6 is 11.6 Å². The van der Waals surface area contributed by atoms with Gasteiger partial charge in [0, 0.05) is 18.3 Å². The summed E-state index contributed by atoms with van der Waals surface area (Å²) in [6.07, 6.45) is 0.678. The van der Waals surface area contributed by atoms with Crippen molar-refractivity contribution in [3.63, 3.8) is 0 Å². The number of hydrogen-bond acceptors (Lipinski definition) is 3. The summed E-state index contributed by atoms with van der Waals surface area (Å²) >= 11 is 5.88. The summed E-state index contributed by atoms with van der Waals surface area (Å²) in [5.41, 5.74) is 1.33. The third-order valence-electron chi connectivity index (χ3n) is 2.06. The predicted octanol–water partition coefficient (Wildman–Crippen LogP) is 2.39. The van der Waals surface area contributed by atoms with Gasteiger partial charge in [-0.1, -0.05) is 11.6 Å². The average molecular weight is 225 g/mol. The lowest BCUT2D eigenvalue weighted by Crippen LogP contribution is -2.16. The molecule has 0 heterocycles. The Hall–Kier alpha value is -1.24. The molecule has 0 aliphatic heterocycles. The average Bonchev–Trinajstić information content (AvgIpc) is 2.18. The van der Waals surface area contributed by atoms with E-state index >= 15 is 0 Å². The first-order valence-corrected chi connectivity index (χ1v) is 5.12. The number of rotatable bonds is 4. The van der Waals surface area contributed by atoms with Crippen LogP contribution in [-0.4, -0.2) is 17.8 Å². The Morgan fingerprint density at radius 3 is 2.87 bits per heavy atom. The molecule has 1 atom stereocenters. The Labute approximate surface area is 94.3 Å². The van der Waals surface area contributed by atoms with Crippen LogP contribution in [0.1, 0.15) is 18.9 Å². The van der Waals surface area contributed by atoms with Crippen LogP contribution in [0.2, 0.25) is 5.02 Å². The molecule has 80 valence electrons. The van der Waals surface area contributed by atoms with Crippen LogP contribution < -0.4 is 5.32 Å². The molecule has 1 aromatic carbocycles. The van der Waals surface area contributed by atoms with E-state index < -0.39 is 0 Å². The highest BCUT2D eigenvalue weighted by Crippen LogP contribution is 2.20.